The lowest BCUT2D eigenvalue weighted by Gasteiger charge is -2.27. The number of hydrogen-bond donors (Lipinski definition) is 4. The number of carbonyl (C=O) groups excluding carboxylic acids is 1. The van der Waals surface area contributed by atoms with Crippen molar-refractivity contribution in [2.45, 2.75) is 87.5 Å². The first-order chi connectivity index (χ1) is 24.5. The van der Waals surface area contributed by atoms with Gasteiger partial charge in [-0.15, -0.1) is 0 Å². The number of fused-ring (bicyclic) bond motifs is 1. The van der Waals surface area contributed by atoms with Crippen molar-refractivity contribution in [2.75, 3.05) is 17.2 Å². The van der Waals surface area contributed by atoms with Crippen LogP contribution in [0.25, 0.3) is 11.2 Å². The van der Waals surface area contributed by atoms with Crippen molar-refractivity contribution in [3.8, 4) is 0 Å². The molecule has 0 unspecified atom stereocenters. The fourth-order valence-electron chi connectivity index (χ4n) is 7.25. The van der Waals surface area contributed by atoms with Crippen LogP contribution in [0.5, 0.6) is 0 Å². The molecule has 268 valence electrons. The van der Waals surface area contributed by atoms with E-state index in [0.717, 1.165) is 42.4 Å². The van der Waals surface area contributed by atoms with Crippen molar-refractivity contribution in [3.63, 3.8) is 0 Å². The van der Waals surface area contributed by atoms with Gasteiger partial charge in [-0.1, -0.05) is 60.7 Å². The van der Waals surface area contributed by atoms with E-state index in [0.29, 0.717) is 29.5 Å². The maximum absolute atomic E-state index is 13.5. The highest BCUT2D eigenvalue weighted by Gasteiger charge is 2.51. The van der Waals surface area contributed by atoms with Crippen LogP contribution in [0.4, 0.5) is 24.9 Å². The number of nitrogens with one attached hydrogen (secondary N) is 2. The minimum atomic E-state index is -5.26. The number of hydrogen-bond acceptors (Lipinski definition) is 10. The molecule has 0 aliphatic heterocycles. The van der Waals surface area contributed by atoms with Gasteiger partial charge in [-0.3, -0.25) is 4.68 Å². The SMILES string of the molecule is Cc1cnn([C@H]2C[C@@H](n3cnc4c(NCC(c5ccccc5)c5ccccc5)nc(NC5CCC(N)CC5)nc43)[C@H](OC(=O)C(F)(F)F)[C@@H]2O)c1. The zero-order chi connectivity index (χ0) is 35.7. The van der Waals surface area contributed by atoms with Crippen LogP contribution in [-0.2, 0) is 9.53 Å². The zero-order valence-electron chi connectivity index (χ0n) is 27.9. The van der Waals surface area contributed by atoms with E-state index in [1.165, 1.54) is 11.0 Å². The number of aryl methyl sites for hydroxylation is 1. The van der Waals surface area contributed by atoms with Crippen LogP contribution >= 0.6 is 0 Å². The van der Waals surface area contributed by atoms with Gasteiger partial charge in [0.25, 0.3) is 0 Å². The predicted octanol–water partition coefficient (Wildman–Crippen LogP) is 5.28. The van der Waals surface area contributed by atoms with E-state index >= 15 is 0 Å². The molecule has 51 heavy (non-hydrogen) atoms. The van der Waals surface area contributed by atoms with Crippen molar-refractivity contribution in [3.05, 3.63) is 96.1 Å². The van der Waals surface area contributed by atoms with Gasteiger partial charge in [-0.2, -0.15) is 28.2 Å². The van der Waals surface area contributed by atoms with Gasteiger partial charge in [0.15, 0.2) is 23.1 Å². The van der Waals surface area contributed by atoms with Crippen molar-refractivity contribution in [1.82, 2.24) is 29.3 Å². The molecule has 0 spiro atoms. The average Bonchev–Trinajstić information content (AvgIpc) is 3.83. The minimum Gasteiger partial charge on any atom is -0.451 e. The fourth-order valence-corrected chi connectivity index (χ4v) is 7.25. The number of alkyl halides is 3. The van der Waals surface area contributed by atoms with Crippen LogP contribution in [-0.4, -0.2) is 77.4 Å². The number of carbonyl (C=O) groups is 1. The molecule has 2 aliphatic rings. The summed E-state index contributed by atoms with van der Waals surface area (Å²) in [7, 11) is 0. The Kier molecular flexibility index (Phi) is 9.66. The summed E-state index contributed by atoms with van der Waals surface area (Å²) >= 11 is 0. The minimum absolute atomic E-state index is 0.0508. The van der Waals surface area contributed by atoms with E-state index < -0.39 is 36.4 Å². The smallest absolute Gasteiger partial charge is 0.451 e. The van der Waals surface area contributed by atoms with Crippen molar-refractivity contribution < 1.29 is 27.8 Å². The highest BCUT2D eigenvalue weighted by atomic mass is 19.4. The van der Waals surface area contributed by atoms with Gasteiger partial charge >= 0.3 is 12.1 Å². The average molecular weight is 704 g/mol. The molecule has 0 amide bonds. The number of aliphatic hydroxyl groups is 1. The van der Waals surface area contributed by atoms with Crippen LogP contribution in [0.2, 0.25) is 0 Å². The number of aliphatic hydroxyl groups excluding tert-OH is 1. The molecule has 2 aliphatic carbocycles. The maximum Gasteiger partial charge on any atom is 0.490 e. The van der Waals surface area contributed by atoms with Gasteiger partial charge in [-0.05, 0) is 55.7 Å². The summed E-state index contributed by atoms with van der Waals surface area (Å²) in [4.78, 5) is 26.5. The van der Waals surface area contributed by atoms with E-state index in [-0.39, 0.29) is 24.4 Å². The molecule has 2 fully saturated rings. The molecule has 4 atom stereocenters. The molecule has 5 N–H and O–H groups in total. The summed E-state index contributed by atoms with van der Waals surface area (Å²) in [6.07, 6.45) is -0.188. The van der Waals surface area contributed by atoms with Gasteiger partial charge < -0.3 is 30.8 Å². The third kappa shape index (κ3) is 7.40. The molecule has 12 nitrogen and oxygen atoms in total. The van der Waals surface area contributed by atoms with Gasteiger partial charge in [0.2, 0.25) is 5.95 Å². The largest absolute Gasteiger partial charge is 0.490 e. The van der Waals surface area contributed by atoms with Gasteiger partial charge in [0, 0.05) is 30.7 Å². The Labute approximate surface area is 292 Å². The number of imidazole rings is 1. The van der Waals surface area contributed by atoms with E-state index in [4.69, 9.17) is 20.4 Å². The molecule has 15 heteroatoms. The predicted molar refractivity (Wildman–Crippen MR) is 184 cm³/mol. The maximum atomic E-state index is 13.5. The standard InChI is InChI=1S/C36H40F3N9O3/c1-21-17-43-48(19-21)27-16-28(31(30(27)49)51-34(50)36(37,38)39)47-20-42-29-32(45-35(46-33(29)47)44-25-14-12-24(40)13-15-25)41-18-26(22-8-4-2-5-9-22)23-10-6-3-7-11-23/h2-11,17,19-20,24-28,30-31,49H,12-16,18,40H2,1H3,(H2,41,44,45,46)/t24?,25?,27-,28+,30+,31-/m0/s1. The summed E-state index contributed by atoms with van der Waals surface area (Å²) in [5.74, 6) is -1.71. The van der Waals surface area contributed by atoms with Gasteiger partial charge in [-0.25, -0.2) is 9.78 Å². The lowest BCUT2D eigenvalue weighted by molar-refractivity contribution is -0.210. The Morgan fingerprint density at radius 1 is 1.02 bits per heavy atom. The van der Waals surface area contributed by atoms with Crippen LogP contribution in [0.1, 0.15) is 66.8 Å². The summed E-state index contributed by atoms with van der Waals surface area (Å²) in [6.45, 7) is 2.26. The topological polar surface area (TPSA) is 158 Å². The third-order valence-electron chi connectivity index (χ3n) is 9.90. The van der Waals surface area contributed by atoms with Crippen LogP contribution in [0.15, 0.2) is 79.4 Å². The quantitative estimate of drug-likeness (QED) is 0.141. The summed E-state index contributed by atoms with van der Waals surface area (Å²) in [6, 6.07) is 18.6. The van der Waals surface area contributed by atoms with Crippen molar-refractivity contribution in [1.29, 1.82) is 0 Å². The molecule has 5 aromatic rings. The number of aromatic nitrogens is 6. The Bertz CT molecular complexity index is 1910. The first kappa shape index (κ1) is 34.4. The zero-order valence-corrected chi connectivity index (χ0v) is 27.9. The van der Waals surface area contributed by atoms with E-state index in [2.05, 4.69) is 45.0 Å². The number of anilines is 2. The lowest BCUT2D eigenvalue weighted by Crippen LogP contribution is -2.39. The highest BCUT2D eigenvalue weighted by Crippen LogP contribution is 2.42. The van der Waals surface area contributed by atoms with Crippen LogP contribution < -0.4 is 16.4 Å². The molecule has 0 radical (unpaired) electrons. The Balaban J connectivity index is 1.27. The molecule has 0 bridgehead atoms. The molecule has 2 aromatic carbocycles. The molecule has 0 saturated heterocycles. The number of nitrogens with two attached hydrogens (primary N) is 1. The monoisotopic (exact) mass is 703 g/mol. The normalized spacial score (nSPS) is 23.8. The van der Waals surface area contributed by atoms with E-state index in [1.807, 2.05) is 43.3 Å². The highest BCUT2D eigenvalue weighted by molar-refractivity contribution is 5.84. The molecule has 2 saturated carbocycles. The second kappa shape index (κ2) is 14.3. The second-order valence-electron chi connectivity index (χ2n) is 13.5. The third-order valence-corrected chi connectivity index (χ3v) is 9.90. The number of esters is 1. The van der Waals surface area contributed by atoms with Gasteiger partial charge in [0.1, 0.15) is 6.10 Å². The number of ether oxygens (including phenoxy) is 1. The van der Waals surface area contributed by atoms with Crippen molar-refractivity contribution in [2.24, 2.45) is 5.73 Å². The number of halogens is 3. The van der Waals surface area contributed by atoms with E-state index in [1.54, 1.807) is 17.0 Å². The summed E-state index contributed by atoms with van der Waals surface area (Å²) < 4.78 is 48.5. The second-order valence-corrected chi connectivity index (χ2v) is 13.5. The molecular formula is C36H40F3N9O3. The summed E-state index contributed by atoms with van der Waals surface area (Å²) in [5.41, 5.74) is 9.83. The Hall–Kier alpha value is -5.02. The number of nitrogens with zero attached hydrogens (tertiary/aromatic N) is 6. The summed E-state index contributed by atoms with van der Waals surface area (Å²) in [5, 5.41) is 22.6. The van der Waals surface area contributed by atoms with E-state index in [9.17, 15) is 23.1 Å². The lowest BCUT2D eigenvalue weighted by atomic mass is 9.91. The van der Waals surface area contributed by atoms with Crippen LogP contribution in [0.3, 0.4) is 0 Å². The molecular weight excluding hydrogens is 663 g/mol. The molecule has 7 rings (SSSR count). The Morgan fingerprint density at radius 2 is 1.69 bits per heavy atom. The Morgan fingerprint density at radius 3 is 2.29 bits per heavy atom. The first-order valence-electron chi connectivity index (χ1n) is 17.1. The first-order valence-corrected chi connectivity index (χ1v) is 17.1. The number of rotatable bonds is 10. The fraction of sp³-hybridized carbons (Fsp3) is 0.417. The number of benzene rings is 2. The molecule has 3 aromatic heterocycles. The van der Waals surface area contributed by atoms with Gasteiger partial charge in [0.05, 0.1) is 24.6 Å². The molecule has 3 heterocycles. The van der Waals surface area contributed by atoms with Crippen molar-refractivity contribution >= 4 is 28.9 Å². The van der Waals surface area contributed by atoms with Crippen LogP contribution in [0, 0.1) is 6.92 Å².